The van der Waals surface area contributed by atoms with E-state index in [0.29, 0.717) is 47.7 Å². The SMILES string of the molecule is C#CCNc1nc(NC)nc2c(NCCO)nc(NC)nc12. The van der Waals surface area contributed by atoms with E-state index in [1.807, 2.05) is 0 Å². The van der Waals surface area contributed by atoms with Crippen molar-refractivity contribution in [3.05, 3.63) is 0 Å². The molecule has 0 bridgehead atoms. The Morgan fingerprint density at radius 3 is 1.95 bits per heavy atom. The number of hydrogen-bond donors (Lipinski definition) is 5. The number of anilines is 4. The summed E-state index contributed by atoms with van der Waals surface area (Å²) in [7, 11) is 3.43. The lowest BCUT2D eigenvalue weighted by Crippen LogP contribution is -2.12. The predicted molar refractivity (Wildman–Crippen MR) is 87.1 cm³/mol. The maximum absolute atomic E-state index is 9.00. The summed E-state index contributed by atoms with van der Waals surface area (Å²) in [6.07, 6.45) is 5.29. The third kappa shape index (κ3) is 3.24. The van der Waals surface area contributed by atoms with Gasteiger partial charge in [0.05, 0.1) is 13.2 Å². The van der Waals surface area contributed by atoms with Crippen LogP contribution in [0, 0.1) is 12.3 Å². The number of nitrogens with one attached hydrogen (secondary N) is 4. The number of hydrogen-bond acceptors (Lipinski definition) is 9. The maximum atomic E-state index is 9.00. The molecular formula is C13H18N8O. The Balaban J connectivity index is 2.64. The second kappa shape index (κ2) is 7.24. The highest BCUT2D eigenvalue weighted by Crippen LogP contribution is 2.26. The Morgan fingerprint density at radius 2 is 1.50 bits per heavy atom. The fraction of sp³-hybridized carbons (Fsp3) is 0.385. The molecule has 0 spiro atoms. The quantitative estimate of drug-likeness (QED) is 0.448. The summed E-state index contributed by atoms with van der Waals surface area (Å²) in [5.41, 5.74) is 1.07. The first-order valence-corrected chi connectivity index (χ1v) is 6.70. The molecule has 0 radical (unpaired) electrons. The van der Waals surface area contributed by atoms with Crippen molar-refractivity contribution in [1.29, 1.82) is 0 Å². The summed E-state index contributed by atoms with van der Waals surface area (Å²) >= 11 is 0. The lowest BCUT2D eigenvalue weighted by Gasteiger charge is -2.13. The van der Waals surface area contributed by atoms with Gasteiger partial charge in [-0.15, -0.1) is 6.42 Å². The molecule has 0 fully saturated rings. The molecule has 0 aliphatic heterocycles. The van der Waals surface area contributed by atoms with Crippen molar-refractivity contribution in [2.75, 3.05) is 55.1 Å². The van der Waals surface area contributed by atoms with E-state index >= 15 is 0 Å². The molecular weight excluding hydrogens is 284 g/mol. The van der Waals surface area contributed by atoms with Crippen LogP contribution in [-0.4, -0.2) is 58.8 Å². The van der Waals surface area contributed by atoms with E-state index < -0.39 is 0 Å². The van der Waals surface area contributed by atoms with Gasteiger partial charge in [0.1, 0.15) is 11.0 Å². The van der Waals surface area contributed by atoms with Crippen LogP contribution in [0.4, 0.5) is 23.5 Å². The van der Waals surface area contributed by atoms with E-state index in [9.17, 15) is 0 Å². The summed E-state index contributed by atoms with van der Waals surface area (Å²) in [6.45, 7) is 0.640. The van der Waals surface area contributed by atoms with Crippen LogP contribution in [-0.2, 0) is 0 Å². The molecule has 9 nitrogen and oxygen atoms in total. The minimum Gasteiger partial charge on any atom is -0.395 e. The zero-order valence-corrected chi connectivity index (χ0v) is 12.4. The van der Waals surface area contributed by atoms with E-state index in [2.05, 4.69) is 47.1 Å². The van der Waals surface area contributed by atoms with Crippen molar-refractivity contribution >= 4 is 34.6 Å². The van der Waals surface area contributed by atoms with E-state index in [-0.39, 0.29) is 6.61 Å². The van der Waals surface area contributed by atoms with Crippen LogP contribution in [0.15, 0.2) is 0 Å². The molecule has 5 N–H and O–H groups in total. The molecule has 0 aliphatic carbocycles. The molecule has 2 heterocycles. The molecule has 22 heavy (non-hydrogen) atoms. The lowest BCUT2D eigenvalue weighted by atomic mass is 10.3. The fourth-order valence-electron chi connectivity index (χ4n) is 1.79. The van der Waals surface area contributed by atoms with Crippen molar-refractivity contribution in [3.63, 3.8) is 0 Å². The number of aromatic nitrogens is 4. The van der Waals surface area contributed by atoms with Gasteiger partial charge in [-0.3, -0.25) is 0 Å². The summed E-state index contributed by atoms with van der Waals surface area (Å²) in [6, 6.07) is 0. The first kappa shape index (κ1) is 15.5. The monoisotopic (exact) mass is 302 g/mol. The van der Waals surface area contributed by atoms with E-state index in [1.165, 1.54) is 0 Å². The van der Waals surface area contributed by atoms with Gasteiger partial charge in [0.2, 0.25) is 11.9 Å². The van der Waals surface area contributed by atoms with Gasteiger partial charge in [0.15, 0.2) is 11.6 Å². The Hall–Kier alpha value is -2.86. The molecule has 0 saturated carbocycles. The molecule has 0 unspecified atom stereocenters. The topological polar surface area (TPSA) is 120 Å². The number of aliphatic hydroxyl groups is 1. The Labute approximate surface area is 128 Å². The number of terminal acetylenes is 1. The van der Waals surface area contributed by atoms with Gasteiger partial charge in [-0.2, -0.15) is 9.97 Å². The third-order valence-corrected chi connectivity index (χ3v) is 2.75. The maximum Gasteiger partial charge on any atom is 0.225 e. The second-order valence-electron chi connectivity index (χ2n) is 4.20. The van der Waals surface area contributed by atoms with Crippen LogP contribution in [0.3, 0.4) is 0 Å². The van der Waals surface area contributed by atoms with E-state index in [4.69, 9.17) is 11.5 Å². The molecule has 9 heteroatoms. The largest absolute Gasteiger partial charge is 0.395 e. The smallest absolute Gasteiger partial charge is 0.225 e. The highest BCUT2D eigenvalue weighted by Gasteiger charge is 2.15. The highest BCUT2D eigenvalue weighted by atomic mass is 16.3. The molecule has 0 saturated heterocycles. The van der Waals surface area contributed by atoms with Crippen LogP contribution in [0.25, 0.3) is 11.0 Å². The predicted octanol–water partition coefficient (Wildman–Crippen LogP) is -0.0475. The minimum atomic E-state index is -0.0213. The number of nitrogens with zero attached hydrogens (tertiary/aromatic N) is 4. The van der Waals surface area contributed by atoms with Crippen LogP contribution < -0.4 is 21.3 Å². The zero-order chi connectivity index (χ0) is 15.9. The first-order chi connectivity index (χ1) is 10.7. The molecule has 0 atom stereocenters. The molecule has 2 aromatic rings. The van der Waals surface area contributed by atoms with Crippen LogP contribution in [0.2, 0.25) is 0 Å². The number of aliphatic hydroxyl groups excluding tert-OH is 1. The molecule has 0 aromatic carbocycles. The zero-order valence-electron chi connectivity index (χ0n) is 12.4. The molecule has 0 aliphatic rings. The average molecular weight is 302 g/mol. The normalized spacial score (nSPS) is 10.1. The Bertz CT molecular complexity index is 696. The van der Waals surface area contributed by atoms with Crippen molar-refractivity contribution in [2.24, 2.45) is 0 Å². The number of rotatable bonds is 7. The second-order valence-corrected chi connectivity index (χ2v) is 4.20. The molecule has 2 aromatic heterocycles. The van der Waals surface area contributed by atoms with Gasteiger partial charge in [0.25, 0.3) is 0 Å². The van der Waals surface area contributed by atoms with Gasteiger partial charge in [0, 0.05) is 20.6 Å². The molecule has 116 valence electrons. The van der Waals surface area contributed by atoms with Gasteiger partial charge < -0.3 is 26.4 Å². The minimum absolute atomic E-state index is 0.0213. The van der Waals surface area contributed by atoms with Crippen molar-refractivity contribution in [1.82, 2.24) is 19.9 Å². The van der Waals surface area contributed by atoms with Crippen LogP contribution >= 0.6 is 0 Å². The van der Waals surface area contributed by atoms with Gasteiger partial charge >= 0.3 is 0 Å². The molecule has 2 rings (SSSR count). The summed E-state index contributed by atoms with van der Waals surface area (Å²) in [5, 5.41) is 20.8. The van der Waals surface area contributed by atoms with Crippen LogP contribution in [0.5, 0.6) is 0 Å². The summed E-state index contributed by atoms with van der Waals surface area (Å²) in [4.78, 5) is 17.4. The third-order valence-electron chi connectivity index (χ3n) is 2.75. The van der Waals surface area contributed by atoms with Crippen molar-refractivity contribution in [2.45, 2.75) is 0 Å². The van der Waals surface area contributed by atoms with Crippen LogP contribution in [0.1, 0.15) is 0 Å². The number of fused-ring (bicyclic) bond motifs is 1. The Morgan fingerprint density at radius 1 is 0.955 bits per heavy atom. The van der Waals surface area contributed by atoms with E-state index in [1.54, 1.807) is 14.1 Å². The highest BCUT2D eigenvalue weighted by molar-refractivity contribution is 5.94. The Kier molecular flexibility index (Phi) is 5.11. The van der Waals surface area contributed by atoms with Gasteiger partial charge in [-0.25, -0.2) is 9.97 Å². The standard InChI is InChI=1S/C13H18N8O/c1-4-5-16-10-8-9(19-12(14-2)20-10)11(17-6-7-22)21-13(15-3)18-8/h1,22H,5-7H2,2-3H3,(H2,14,16,19,20)(H2,15,17,18,21). The van der Waals surface area contributed by atoms with E-state index in [0.717, 1.165) is 0 Å². The first-order valence-electron chi connectivity index (χ1n) is 6.70. The summed E-state index contributed by atoms with van der Waals surface area (Å²) < 4.78 is 0. The summed E-state index contributed by atoms with van der Waals surface area (Å²) in [5.74, 6) is 4.35. The van der Waals surface area contributed by atoms with Gasteiger partial charge in [-0.05, 0) is 0 Å². The van der Waals surface area contributed by atoms with Gasteiger partial charge in [-0.1, -0.05) is 5.92 Å². The fourth-order valence-corrected chi connectivity index (χ4v) is 1.79. The average Bonchev–Trinajstić information content (AvgIpc) is 2.56. The van der Waals surface area contributed by atoms with Crippen molar-refractivity contribution < 1.29 is 5.11 Å². The molecule has 0 amide bonds. The lowest BCUT2D eigenvalue weighted by molar-refractivity contribution is 0.311. The van der Waals surface area contributed by atoms with Crippen molar-refractivity contribution in [3.8, 4) is 12.3 Å².